The van der Waals surface area contributed by atoms with Crippen LogP contribution in [0.25, 0.3) is 0 Å². The van der Waals surface area contributed by atoms with Gasteiger partial charge in [-0.1, -0.05) is 6.92 Å². The third kappa shape index (κ3) is 1.07. The Morgan fingerprint density at radius 1 is 1.50 bits per heavy atom. The Bertz CT molecular complexity index is 432. The second-order valence-corrected chi connectivity index (χ2v) is 4.88. The molecule has 1 fully saturated rings. The van der Waals surface area contributed by atoms with E-state index in [-0.39, 0.29) is 11.6 Å². The molecule has 0 bridgehead atoms. The standard InChI is InChI=1S/C13H17NO2/c1-13-6-7-16-12(13)14(2)11-5-4-9(15-3)8-10(11)13/h4-5,8,12H,6-7H2,1-3H3/t12-,13-/m0/s1. The molecule has 2 atom stereocenters. The van der Waals surface area contributed by atoms with Crippen molar-refractivity contribution in [3.05, 3.63) is 23.8 Å². The molecule has 2 aliphatic rings. The number of ether oxygens (including phenoxy) is 2. The number of hydrogen-bond acceptors (Lipinski definition) is 3. The zero-order chi connectivity index (χ0) is 11.3. The van der Waals surface area contributed by atoms with E-state index in [1.807, 2.05) is 6.07 Å². The van der Waals surface area contributed by atoms with Gasteiger partial charge in [0.15, 0.2) is 0 Å². The van der Waals surface area contributed by atoms with Gasteiger partial charge in [0, 0.05) is 18.2 Å². The van der Waals surface area contributed by atoms with Crippen molar-refractivity contribution < 1.29 is 9.47 Å². The average Bonchev–Trinajstić information content (AvgIpc) is 2.78. The second-order valence-electron chi connectivity index (χ2n) is 4.88. The Balaban J connectivity index is 2.16. The Kier molecular flexibility index (Phi) is 1.96. The molecular formula is C13H17NO2. The summed E-state index contributed by atoms with van der Waals surface area (Å²) in [6, 6.07) is 6.29. The van der Waals surface area contributed by atoms with E-state index in [0.717, 1.165) is 18.8 Å². The van der Waals surface area contributed by atoms with E-state index in [9.17, 15) is 0 Å². The molecule has 0 amide bonds. The minimum atomic E-state index is 0.124. The molecule has 2 aliphatic heterocycles. The zero-order valence-corrected chi connectivity index (χ0v) is 9.99. The first kappa shape index (κ1) is 9.97. The molecule has 3 heteroatoms. The van der Waals surface area contributed by atoms with Gasteiger partial charge in [0.25, 0.3) is 0 Å². The highest BCUT2D eigenvalue weighted by molar-refractivity contribution is 5.65. The van der Waals surface area contributed by atoms with Crippen LogP contribution in [-0.2, 0) is 10.2 Å². The molecule has 1 aromatic rings. The van der Waals surface area contributed by atoms with Crippen LogP contribution >= 0.6 is 0 Å². The van der Waals surface area contributed by atoms with Crippen molar-refractivity contribution in [2.24, 2.45) is 0 Å². The fourth-order valence-corrected chi connectivity index (χ4v) is 3.03. The van der Waals surface area contributed by atoms with Gasteiger partial charge in [-0.25, -0.2) is 0 Å². The summed E-state index contributed by atoms with van der Waals surface area (Å²) in [4.78, 5) is 2.24. The summed E-state index contributed by atoms with van der Waals surface area (Å²) in [6.07, 6.45) is 1.27. The van der Waals surface area contributed by atoms with E-state index in [1.165, 1.54) is 11.3 Å². The average molecular weight is 219 g/mol. The number of nitrogens with zero attached hydrogens (tertiary/aromatic N) is 1. The number of methoxy groups -OCH3 is 1. The molecule has 0 aliphatic carbocycles. The largest absolute Gasteiger partial charge is 0.497 e. The minimum Gasteiger partial charge on any atom is -0.497 e. The normalized spacial score (nSPS) is 31.4. The number of benzene rings is 1. The second kappa shape index (κ2) is 3.14. The monoisotopic (exact) mass is 219 g/mol. The molecule has 3 nitrogen and oxygen atoms in total. The first-order chi connectivity index (χ1) is 7.66. The van der Waals surface area contributed by atoms with Gasteiger partial charge in [0.2, 0.25) is 0 Å². The molecule has 0 saturated carbocycles. The summed E-state index contributed by atoms with van der Waals surface area (Å²) < 4.78 is 11.1. The minimum absolute atomic E-state index is 0.124. The maximum absolute atomic E-state index is 5.83. The lowest BCUT2D eigenvalue weighted by atomic mass is 9.82. The van der Waals surface area contributed by atoms with E-state index in [2.05, 4.69) is 31.0 Å². The van der Waals surface area contributed by atoms with Crippen LogP contribution in [0.4, 0.5) is 5.69 Å². The highest BCUT2D eigenvalue weighted by Gasteiger charge is 2.50. The molecule has 3 rings (SSSR count). The molecule has 0 aromatic heterocycles. The third-order valence-electron chi connectivity index (χ3n) is 3.99. The predicted molar refractivity (Wildman–Crippen MR) is 63.1 cm³/mol. The SMILES string of the molecule is COc1ccc2c(c1)[C@]1(C)CCO[C@@H]1N2C. The predicted octanol–water partition coefficient (Wildman–Crippen LogP) is 2.15. The lowest BCUT2D eigenvalue weighted by molar-refractivity contribution is 0.0920. The summed E-state index contributed by atoms with van der Waals surface area (Å²) in [5, 5.41) is 0. The van der Waals surface area contributed by atoms with Crippen LogP contribution in [0.1, 0.15) is 18.9 Å². The highest BCUT2D eigenvalue weighted by Crippen LogP contribution is 2.50. The molecule has 0 spiro atoms. The van der Waals surface area contributed by atoms with Gasteiger partial charge in [-0.3, -0.25) is 0 Å². The first-order valence-corrected chi connectivity index (χ1v) is 5.70. The van der Waals surface area contributed by atoms with Gasteiger partial charge < -0.3 is 14.4 Å². The van der Waals surface area contributed by atoms with Crippen molar-refractivity contribution >= 4 is 5.69 Å². The topological polar surface area (TPSA) is 21.7 Å². The summed E-state index contributed by atoms with van der Waals surface area (Å²) in [6.45, 7) is 3.13. The van der Waals surface area contributed by atoms with E-state index < -0.39 is 0 Å². The van der Waals surface area contributed by atoms with Crippen molar-refractivity contribution in [1.82, 2.24) is 0 Å². The number of fused-ring (bicyclic) bond motifs is 3. The molecule has 16 heavy (non-hydrogen) atoms. The molecule has 0 radical (unpaired) electrons. The van der Waals surface area contributed by atoms with Crippen LogP contribution in [0.15, 0.2) is 18.2 Å². The van der Waals surface area contributed by atoms with Crippen LogP contribution in [0.2, 0.25) is 0 Å². The molecule has 0 N–H and O–H groups in total. The summed E-state index contributed by atoms with van der Waals surface area (Å²) in [5.74, 6) is 0.931. The van der Waals surface area contributed by atoms with Crippen LogP contribution in [0.3, 0.4) is 0 Å². The van der Waals surface area contributed by atoms with Crippen molar-refractivity contribution in [1.29, 1.82) is 0 Å². The Morgan fingerprint density at radius 2 is 2.31 bits per heavy atom. The fraction of sp³-hybridized carbons (Fsp3) is 0.538. The van der Waals surface area contributed by atoms with E-state index in [4.69, 9.17) is 9.47 Å². The van der Waals surface area contributed by atoms with E-state index in [1.54, 1.807) is 7.11 Å². The van der Waals surface area contributed by atoms with Crippen molar-refractivity contribution in [2.75, 3.05) is 25.7 Å². The maximum atomic E-state index is 5.83. The summed E-state index contributed by atoms with van der Waals surface area (Å²) >= 11 is 0. The zero-order valence-electron chi connectivity index (χ0n) is 9.99. The molecule has 86 valence electrons. The van der Waals surface area contributed by atoms with Gasteiger partial charge in [-0.2, -0.15) is 0 Å². The van der Waals surface area contributed by atoms with Gasteiger partial charge in [-0.15, -0.1) is 0 Å². The number of anilines is 1. The summed E-state index contributed by atoms with van der Waals surface area (Å²) in [7, 11) is 3.82. The molecule has 1 aromatic carbocycles. The summed E-state index contributed by atoms with van der Waals surface area (Å²) in [5.41, 5.74) is 2.75. The molecular weight excluding hydrogens is 202 g/mol. The van der Waals surface area contributed by atoms with Gasteiger partial charge >= 0.3 is 0 Å². The van der Waals surface area contributed by atoms with Gasteiger partial charge in [0.1, 0.15) is 12.0 Å². The molecule has 2 heterocycles. The smallest absolute Gasteiger partial charge is 0.139 e. The first-order valence-electron chi connectivity index (χ1n) is 5.70. The Hall–Kier alpha value is -1.22. The lowest BCUT2D eigenvalue weighted by Crippen LogP contribution is -2.37. The van der Waals surface area contributed by atoms with Crippen molar-refractivity contribution in [3.8, 4) is 5.75 Å². The third-order valence-corrected chi connectivity index (χ3v) is 3.99. The quantitative estimate of drug-likeness (QED) is 0.722. The van der Waals surface area contributed by atoms with E-state index >= 15 is 0 Å². The van der Waals surface area contributed by atoms with Crippen LogP contribution < -0.4 is 9.64 Å². The van der Waals surface area contributed by atoms with Crippen LogP contribution in [0.5, 0.6) is 5.75 Å². The van der Waals surface area contributed by atoms with Crippen LogP contribution in [-0.4, -0.2) is 27.0 Å². The fourth-order valence-electron chi connectivity index (χ4n) is 3.03. The number of likely N-dealkylation sites (N-methyl/N-ethyl adjacent to an activating group) is 1. The Labute approximate surface area is 96.0 Å². The number of rotatable bonds is 1. The Morgan fingerprint density at radius 3 is 3.06 bits per heavy atom. The van der Waals surface area contributed by atoms with Crippen molar-refractivity contribution in [2.45, 2.75) is 25.0 Å². The van der Waals surface area contributed by atoms with Crippen molar-refractivity contribution in [3.63, 3.8) is 0 Å². The number of hydrogen-bond donors (Lipinski definition) is 0. The van der Waals surface area contributed by atoms with Crippen LogP contribution in [0, 0.1) is 0 Å². The lowest BCUT2D eigenvalue weighted by Gasteiger charge is -2.26. The molecule has 0 unspecified atom stereocenters. The van der Waals surface area contributed by atoms with Gasteiger partial charge in [-0.05, 0) is 30.2 Å². The van der Waals surface area contributed by atoms with Gasteiger partial charge in [0.05, 0.1) is 13.7 Å². The van der Waals surface area contributed by atoms with E-state index in [0.29, 0.717) is 0 Å². The molecule has 1 saturated heterocycles. The maximum Gasteiger partial charge on any atom is 0.139 e. The highest BCUT2D eigenvalue weighted by atomic mass is 16.5.